The maximum atomic E-state index is 12.6. The molecule has 1 saturated carbocycles. The number of aliphatic carboxylic acids is 1. The molecule has 1 aliphatic carbocycles. The normalized spacial score (nSPS) is 15.2. The van der Waals surface area contributed by atoms with Gasteiger partial charge in [0.2, 0.25) is 10.0 Å². The summed E-state index contributed by atoms with van der Waals surface area (Å²) >= 11 is 3.24. The number of carboxylic acid groups (broad SMARTS) is 1. The Morgan fingerprint density at radius 3 is 2.62 bits per heavy atom. The molecule has 0 unspecified atom stereocenters. The van der Waals surface area contributed by atoms with Crippen molar-refractivity contribution in [3.8, 4) is 5.75 Å². The molecule has 0 bridgehead atoms. The second-order valence-corrected chi connectivity index (χ2v) is 7.72. The fraction of sp³-hybridized carbons (Fsp3) is 0.462. The number of carbonyl (C=O) groups is 1. The lowest BCUT2D eigenvalue weighted by Gasteiger charge is -2.20. The van der Waals surface area contributed by atoms with Crippen LogP contribution in [-0.4, -0.2) is 44.0 Å². The van der Waals surface area contributed by atoms with Gasteiger partial charge in [0.1, 0.15) is 12.3 Å². The average Bonchev–Trinajstić information content (AvgIpc) is 3.21. The van der Waals surface area contributed by atoms with Gasteiger partial charge >= 0.3 is 5.97 Å². The van der Waals surface area contributed by atoms with E-state index in [0.29, 0.717) is 10.2 Å². The number of nitrogens with zero attached hydrogens (tertiary/aromatic N) is 1. The van der Waals surface area contributed by atoms with Gasteiger partial charge in [0, 0.05) is 6.54 Å². The van der Waals surface area contributed by atoms with Gasteiger partial charge in [0.15, 0.2) is 0 Å². The van der Waals surface area contributed by atoms with Crippen molar-refractivity contribution in [1.29, 1.82) is 0 Å². The molecule has 116 valence electrons. The monoisotopic (exact) mass is 377 g/mol. The number of rotatable bonds is 7. The fourth-order valence-corrected chi connectivity index (χ4v) is 4.13. The second-order valence-electron chi connectivity index (χ2n) is 4.93. The lowest BCUT2D eigenvalue weighted by molar-refractivity contribution is -0.137. The summed E-state index contributed by atoms with van der Waals surface area (Å²) in [5.74, 6) is -0.381. The van der Waals surface area contributed by atoms with E-state index >= 15 is 0 Å². The molecule has 0 aliphatic heterocycles. The molecule has 0 atom stereocenters. The van der Waals surface area contributed by atoms with Crippen LogP contribution in [0.1, 0.15) is 12.8 Å². The quantitative estimate of drug-likeness (QED) is 0.784. The molecular weight excluding hydrogens is 362 g/mol. The molecule has 0 heterocycles. The topological polar surface area (TPSA) is 83.9 Å². The molecule has 1 aromatic carbocycles. The van der Waals surface area contributed by atoms with E-state index in [-0.39, 0.29) is 17.4 Å². The van der Waals surface area contributed by atoms with Crippen molar-refractivity contribution in [3.05, 3.63) is 22.7 Å². The van der Waals surface area contributed by atoms with Crippen LogP contribution in [0.3, 0.4) is 0 Å². The molecule has 1 N–H and O–H groups in total. The van der Waals surface area contributed by atoms with Gasteiger partial charge in [-0.1, -0.05) is 0 Å². The molecule has 0 aromatic heterocycles. The number of methoxy groups -OCH3 is 1. The molecule has 21 heavy (non-hydrogen) atoms. The van der Waals surface area contributed by atoms with Crippen molar-refractivity contribution in [1.82, 2.24) is 4.31 Å². The molecule has 0 spiro atoms. The lowest BCUT2D eigenvalue weighted by atomic mass is 10.3. The van der Waals surface area contributed by atoms with E-state index in [0.717, 1.165) is 17.1 Å². The second kappa shape index (κ2) is 6.33. The van der Waals surface area contributed by atoms with Gasteiger partial charge in [-0.3, -0.25) is 4.79 Å². The van der Waals surface area contributed by atoms with Crippen molar-refractivity contribution in [2.45, 2.75) is 17.7 Å². The molecule has 1 aromatic rings. The van der Waals surface area contributed by atoms with Crippen LogP contribution >= 0.6 is 15.9 Å². The summed E-state index contributed by atoms with van der Waals surface area (Å²) in [5, 5.41) is 8.93. The summed E-state index contributed by atoms with van der Waals surface area (Å²) < 4.78 is 31.8. The van der Waals surface area contributed by atoms with Crippen LogP contribution < -0.4 is 4.74 Å². The Labute approximate surface area is 131 Å². The van der Waals surface area contributed by atoms with Crippen molar-refractivity contribution in [2.75, 3.05) is 20.2 Å². The Hall–Kier alpha value is -1.12. The molecule has 8 heteroatoms. The van der Waals surface area contributed by atoms with Crippen LogP contribution in [0.25, 0.3) is 0 Å². The Kier molecular flexibility index (Phi) is 4.90. The first-order chi connectivity index (χ1) is 9.84. The van der Waals surface area contributed by atoms with Gasteiger partial charge in [-0.2, -0.15) is 4.31 Å². The third kappa shape index (κ3) is 3.96. The number of sulfonamides is 1. The van der Waals surface area contributed by atoms with Gasteiger partial charge in [0.05, 0.1) is 16.5 Å². The first kappa shape index (κ1) is 16.3. The van der Waals surface area contributed by atoms with E-state index < -0.39 is 22.5 Å². The van der Waals surface area contributed by atoms with Crippen molar-refractivity contribution in [3.63, 3.8) is 0 Å². The third-order valence-electron chi connectivity index (χ3n) is 3.23. The van der Waals surface area contributed by atoms with Gasteiger partial charge in [-0.25, -0.2) is 8.42 Å². The molecule has 6 nitrogen and oxygen atoms in total. The molecule has 1 aliphatic rings. The van der Waals surface area contributed by atoms with Crippen molar-refractivity contribution >= 4 is 31.9 Å². The predicted molar refractivity (Wildman–Crippen MR) is 79.8 cm³/mol. The van der Waals surface area contributed by atoms with Crippen LogP contribution in [-0.2, 0) is 14.8 Å². The number of carboxylic acids is 1. The van der Waals surface area contributed by atoms with Gasteiger partial charge in [-0.05, 0) is 52.9 Å². The van der Waals surface area contributed by atoms with Crippen LogP contribution in [0, 0.1) is 5.92 Å². The maximum Gasteiger partial charge on any atom is 0.318 e. The Morgan fingerprint density at radius 2 is 2.14 bits per heavy atom. The van der Waals surface area contributed by atoms with E-state index in [4.69, 9.17) is 9.84 Å². The number of benzene rings is 1. The minimum atomic E-state index is -3.83. The number of hydrogen-bond acceptors (Lipinski definition) is 4. The van der Waals surface area contributed by atoms with Crippen LogP contribution in [0.5, 0.6) is 5.75 Å². The molecular formula is C13H16BrNO5S. The van der Waals surface area contributed by atoms with E-state index in [1.54, 1.807) is 0 Å². The first-order valence-corrected chi connectivity index (χ1v) is 8.63. The molecule has 1 fully saturated rings. The minimum Gasteiger partial charge on any atom is -0.496 e. The zero-order valence-electron chi connectivity index (χ0n) is 11.5. The van der Waals surface area contributed by atoms with Gasteiger partial charge in [-0.15, -0.1) is 0 Å². The predicted octanol–water partition coefficient (Wildman–Crippen LogP) is 1.94. The highest BCUT2D eigenvalue weighted by atomic mass is 79.9. The molecule has 0 saturated heterocycles. The van der Waals surface area contributed by atoms with Crippen LogP contribution in [0.15, 0.2) is 27.6 Å². The molecule has 0 radical (unpaired) electrons. The number of ether oxygens (including phenoxy) is 1. The minimum absolute atomic E-state index is 0.0528. The van der Waals surface area contributed by atoms with E-state index in [1.807, 2.05) is 0 Å². The summed E-state index contributed by atoms with van der Waals surface area (Å²) in [6, 6.07) is 4.38. The lowest BCUT2D eigenvalue weighted by Crippen LogP contribution is -2.37. The molecule has 0 amide bonds. The van der Waals surface area contributed by atoms with E-state index in [1.165, 1.54) is 25.3 Å². The fourth-order valence-electron chi connectivity index (χ4n) is 1.94. The number of hydrogen-bond donors (Lipinski definition) is 1. The van der Waals surface area contributed by atoms with Crippen molar-refractivity contribution in [2.24, 2.45) is 5.92 Å². The zero-order chi connectivity index (χ0) is 15.6. The van der Waals surface area contributed by atoms with Crippen LogP contribution in [0.4, 0.5) is 0 Å². The smallest absolute Gasteiger partial charge is 0.318 e. The summed E-state index contributed by atoms with van der Waals surface area (Å²) in [6.07, 6.45) is 1.88. The van der Waals surface area contributed by atoms with E-state index in [2.05, 4.69) is 15.9 Å². The van der Waals surface area contributed by atoms with E-state index in [9.17, 15) is 13.2 Å². The Bertz CT molecular complexity index is 642. The zero-order valence-corrected chi connectivity index (χ0v) is 13.9. The SMILES string of the molecule is COc1ccc(S(=O)(=O)N(CC(=O)O)CC2CC2)cc1Br. The summed E-state index contributed by atoms with van der Waals surface area (Å²) in [6.45, 7) is -0.277. The van der Waals surface area contributed by atoms with Gasteiger partial charge < -0.3 is 9.84 Å². The first-order valence-electron chi connectivity index (χ1n) is 6.40. The summed E-state index contributed by atoms with van der Waals surface area (Å²) in [7, 11) is -2.35. The average molecular weight is 378 g/mol. The molecule has 2 rings (SSSR count). The highest BCUT2D eigenvalue weighted by Gasteiger charge is 2.33. The van der Waals surface area contributed by atoms with Gasteiger partial charge in [0.25, 0.3) is 0 Å². The standard InChI is InChI=1S/C13H16BrNO5S/c1-20-12-5-4-10(6-11(12)14)21(18,19)15(8-13(16)17)7-9-2-3-9/h4-6,9H,2-3,7-8H2,1H3,(H,16,17). The Morgan fingerprint density at radius 1 is 1.48 bits per heavy atom. The number of halogens is 1. The Balaban J connectivity index is 2.31. The summed E-state index contributed by atoms with van der Waals surface area (Å²) in [4.78, 5) is 11.0. The highest BCUT2D eigenvalue weighted by molar-refractivity contribution is 9.10. The highest BCUT2D eigenvalue weighted by Crippen LogP contribution is 2.33. The van der Waals surface area contributed by atoms with Crippen LogP contribution in [0.2, 0.25) is 0 Å². The van der Waals surface area contributed by atoms with Crippen molar-refractivity contribution < 1.29 is 23.1 Å². The summed E-state index contributed by atoms with van der Waals surface area (Å²) in [5.41, 5.74) is 0. The largest absolute Gasteiger partial charge is 0.496 e. The third-order valence-corrected chi connectivity index (χ3v) is 5.66. The maximum absolute atomic E-state index is 12.6.